The second kappa shape index (κ2) is 9.17. The number of aromatic nitrogens is 2. The lowest BCUT2D eigenvalue weighted by Gasteiger charge is -2.13. The molecule has 2 nitrogen and oxygen atoms in total. The molecule has 0 spiro atoms. The Kier molecular flexibility index (Phi) is 5.06. The number of fused-ring (bicyclic) bond motifs is 12. The van der Waals surface area contributed by atoms with Gasteiger partial charge in [0, 0.05) is 63.5 Å². The molecule has 0 bridgehead atoms. The summed E-state index contributed by atoms with van der Waals surface area (Å²) in [5.41, 5.74) is 6.81. The highest BCUT2D eigenvalue weighted by atomic mass is 32.1. The maximum Gasteiger partial charge on any atom is 0.0971 e. The first-order valence-electron chi connectivity index (χ1n) is 14.7. The predicted octanol–water partition coefficient (Wildman–Crippen LogP) is 12.0. The highest BCUT2D eigenvalue weighted by Crippen LogP contribution is 2.44. The topological polar surface area (TPSA) is 25.8 Å². The molecular formula is C40H22N2S2. The van der Waals surface area contributed by atoms with Crippen LogP contribution in [0.4, 0.5) is 0 Å². The van der Waals surface area contributed by atoms with Gasteiger partial charge in [-0.25, -0.2) is 0 Å². The van der Waals surface area contributed by atoms with Gasteiger partial charge in [-0.1, -0.05) is 97.1 Å². The van der Waals surface area contributed by atoms with E-state index in [1.165, 1.54) is 73.4 Å². The number of hydrogen-bond donors (Lipinski definition) is 0. The van der Waals surface area contributed by atoms with Crippen LogP contribution in [-0.2, 0) is 0 Å². The van der Waals surface area contributed by atoms with Crippen molar-refractivity contribution in [3.63, 3.8) is 0 Å². The Labute approximate surface area is 260 Å². The maximum absolute atomic E-state index is 4.91. The average molecular weight is 595 g/mol. The van der Waals surface area contributed by atoms with Crippen LogP contribution in [0.25, 0.3) is 95.2 Å². The van der Waals surface area contributed by atoms with Gasteiger partial charge in [-0.3, -0.25) is 9.97 Å². The Morgan fingerprint density at radius 3 is 1.32 bits per heavy atom. The zero-order valence-corrected chi connectivity index (χ0v) is 25.0. The highest BCUT2D eigenvalue weighted by Gasteiger charge is 2.16. The first-order valence-corrected chi connectivity index (χ1v) is 16.4. The SMILES string of the molecule is c1ccc2c(c1)sc1c(-c3ccc4c5ccc(-c6cccc7c6sc6ccccc67)cc5c5nccnc5c4c3)cccc12. The molecule has 0 fully saturated rings. The van der Waals surface area contributed by atoms with Crippen molar-refractivity contribution in [3.8, 4) is 22.3 Å². The zero-order valence-electron chi connectivity index (χ0n) is 23.4. The summed E-state index contributed by atoms with van der Waals surface area (Å²) < 4.78 is 5.29. The summed E-state index contributed by atoms with van der Waals surface area (Å²) in [7, 11) is 0. The second-order valence-corrected chi connectivity index (χ2v) is 13.4. The largest absolute Gasteiger partial charge is 0.252 e. The third-order valence-corrected chi connectivity index (χ3v) is 11.4. The quantitative estimate of drug-likeness (QED) is 0.186. The van der Waals surface area contributed by atoms with Crippen molar-refractivity contribution in [1.82, 2.24) is 9.97 Å². The molecule has 0 atom stereocenters. The molecule has 0 amide bonds. The zero-order chi connectivity index (χ0) is 28.8. The fraction of sp³-hybridized carbons (Fsp3) is 0. The van der Waals surface area contributed by atoms with Gasteiger partial charge >= 0.3 is 0 Å². The van der Waals surface area contributed by atoms with E-state index in [4.69, 9.17) is 9.97 Å². The number of nitrogens with zero attached hydrogens (tertiary/aromatic N) is 2. The Hall–Kier alpha value is -5.16. The minimum atomic E-state index is 0.942. The number of thiophene rings is 2. The molecule has 0 saturated heterocycles. The molecule has 7 aromatic carbocycles. The summed E-state index contributed by atoms with van der Waals surface area (Å²) in [6.45, 7) is 0. The van der Waals surface area contributed by atoms with Gasteiger partial charge in [-0.05, 0) is 57.3 Å². The highest BCUT2D eigenvalue weighted by molar-refractivity contribution is 7.26. The van der Waals surface area contributed by atoms with Crippen LogP contribution >= 0.6 is 22.7 Å². The van der Waals surface area contributed by atoms with Crippen molar-refractivity contribution in [2.45, 2.75) is 0 Å². The smallest absolute Gasteiger partial charge is 0.0971 e. The van der Waals surface area contributed by atoms with Crippen LogP contribution in [0.5, 0.6) is 0 Å². The summed E-state index contributed by atoms with van der Waals surface area (Å²) in [6, 6.07) is 44.4. The summed E-state index contributed by atoms with van der Waals surface area (Å²) in [5.74, 6) is 0. The van der Waals surface area contributed by atoms with Crippen LogP contribution in [0, 0.1) is 0 Å². The summed E-state index contributed by atoms with van der Waals surface area (Å²) in [6.07, 6.45) is 3.63. The third-order valence-electron chi connectivity index (χ3n) is 8.97. The van der Waals surface area contributed by atoms with E-state index in [1.807, 2.05) is 35.1 Å². The molecular weight excluding hydrogens is 573 g/mol. The van der Waals surface area contributed by atoms with Crippen molar-refractivity contribution >= 4 is 95.6 Å². The van der Waals surface area contributed by atoms with Crippen LogP contribution in [-0.4, -0.2) is 9.97 Å². The van der Waals surface area contributed by atoms with Crippen molar-refractivity contribution in [2.24, 2.45) is 0 Å². The first kappa shape index (κ1) is 24.3. The minimum absolute atomic E-state index is 0.942. The van der Waals surface area contributed by atoms with Gasteiger partial charge in [0.05, 0.1) is 11.0 Å². The van der Waals surface area contributed by atoms with Gasteiger partial charge in [0.1, 0.15) is 0 Å². The molecule has 44 heavy (non-hydrogen) atoms. The fourth-order valence-electron chi connectivity index (χ4n) is 6.97. The van der Waals surface area contributed by atoms with E-state index in [-0.39, 0.29) is 0 Å². The Morgan fingerprint density at radius 1 is 0.364 bits per heavy atom. The molecule has 0 radical (unpaired) electrons. The predicted molar refractivity (Wildman–Crippen MR) is 191 cm³/mol. The van der Waals surface area contributed by atoms with E-state index >= 15 is 0 Å². The van der Waals surface area contributed by atoms with Crippen molar-refractivity contribution < 1.29 is 0 Å². The molecule has 0 aliphatic heterocycles. The van der Waals surface area contributed by atoms with Crippen LogP contribution in [0.15, 0.2) is 134 Å². The van der Waals surface area contributed by atoms with Crippen LogP contribution in [0.2, 0.25) is 0 Å². The standard InChI is InChI=1S/C40H22N2S2/c1-3-13-35-29(7-1)31-11-5-9-25(39(31)43-35)23-15-17-27-28-18-16-24(22-34(28)38-37(33(27)21-23)41-19-20-42-38)26-10-6-12-32-30-8-2-4-14-36(30)44-40(26)32/h1-22H. The van der Waals surface area contributed by atoms with E-state index in [0.29, 0.717) is 0 Å². The van der Waals surface area contributed by atoms with Crippen LogP contribution < -0.4 is 0 Å². The number of rotatable bonds is 2. The van der Waals surface area contributed by atoms with Crippen molar-refractivity contribution in [1.29, 1.82) is 0 Å². The van der Waals surface area contributed by atoms with E-state index in [9.17, 15) is 0 Å². The third kappa shape index (κ3) is 3.41. The molecule has 0 saturated carbocycles. The van der Waals surface area contributed by atoms with Gasteiger partial charge in [0.2, 0.25) is 0 Å². The summed E-state index contributed by atoms with van der Waals surface area (Å²) in [5, 5.41) is 9.93. The minimum Gasteiger partial charge on any atom is -0.252 e. The molecule has 204 valence electrons. The summed E-state index contributed by atoms with van der Waals surface area (Å²) >= 11 is 3.74. The Balaban J connectivity index is 1.22. The van der Waals surface area contributed by atoms with Crippen LogP contribution in [0.3, 0.4) is 0 Å². The maximum atomic E-state index is 4.91. The lowest BCUT2D eigenvalue weighted by atomic mass is 9.93. The van der Waals surface area contributed by atoms with Crippen molar-refractivity contribution in [2.75, 3.05) is 0 Å². The lowest BCUT2D eigenvalue weighted by molar-refractivity contribution is 1.31. The Bertz CT molecular complexity index is 2570. The molecule has 10 rings (SSSR count). The van der Waals surface area contributed by atoms with Gasteiger partial charge in [0.25, 0.3) is 0 Å². The monoisotopic (exact) mass is 594 g/mol. The fourth-order valence-corrected chi connectivity index (χ4v) is 9.44. The molecule has 4 heteroatoms. The Morgan fingerprint density at radius 2 is 0.818 bits per heavy atom. The van der Waals surface area contributed by atoms with Crippen molar-refractivity contribution in [3.05, 3.63) is 134 Å². The van der Waals surface area contributed by atoms with Gasteiger partial charge in [-0.15, -0.1) is 22.7 Å². The van der Waals surface area contributed by atoms with E-state index in [1.54, 1.807) is 0 Å². The number of benzene rings is 7. The van der Waals surface area contributed by atoms with Gasteiger partial charge in [-0.2, -0.15) is 0 Å². The molecule has 3 heterocycles. The first-order chi connectivity index (χ1) is 21.8. The van der Waals surface area contributed by atoms with Gasteiger partial charge < -0.3 is 0 Å². The van der Waals surface area contributed by atoms with Crippen LogP contribution in [0.1, 0.15) is 0 Å². The molecule has 0 aliphatic carbocycles. The van der Waals surface area contributed by atoms with E-state index < -0.39 is 0 Å². The normalized spacial score (nSPS) is 12.1. The second-order valence-electron chi connectivity index (χ2n) is 11.3. The molecule has 3 aromatic heterocycles. The molecule has 0 N–H and O–H groups in total. The summed E-state index contributed by atoms with van der Waals surface area (Å²) in [4.78, 5) is 9.83. The molecule has 10 aromatic rings. The van der Waals surface area contributed by atoms with E-state index in [0.717, 1.165) is 21.8 Å². The lowest BCUT2D eigenvalue weighted by Crippen LogP contribution is -1.90. The van der Waals surface area contributed by atoms with E-state index in [2.05, 4.69) is 121 Å². The molecule has 0 aliphatic rings. The van der Waals surface area contributed by atoms with Gasteiger partial charge in [0.15, 0.2) is 0 Å². The average Bonchev–Trinajstić information content (AvgIpc) is 3.67. The number of hydrogen-bond acceptors (Lipinski definition) is 4. The molecule has 0 unspecified atom stereocenters.